The standard InChI is InChI=1S/C12H23N3O/c16-12(15-8-2-1-3-9-15)10-14-11-4-6-13-7-5-11/h11,13-14H,1-10H2. The van der Waals surface area contributed by atoms with E-state index in [-0.39, 0.29) is 0 Å². The maximum atomic E-state index is 11.9. The summed E-state index contributed by atoms with van der Waals surface area (Å²) in [5.41, 5.74) is 0. The van der Waals surface area contributed by atoms with Crippen LogP contribution in [0.5, 0.6) is 0 Å². The van der Waals surface area contributed by atoms with Gasteiger partial charge in [0, 0.05) is 19.1 Å². The fourth-order valence-corrected chi connectivity index (χ4v) is 2.51. The second-order valence-electron chi connectivity index (χ2n) is 4.85. The van der Waals surface area contributed by atoms with Crippen molar-refractivity contribution in [2.24, 2.45) is 0 Å². The van der Waals surface area contributed by atoms with Crippen LogP contribution >= 0.6 is 0 Å². The molecule has 0 aromatic rings. The van der Waals surface area contributed by atoms with Crippen molar-refractivity contribution in [3.63, 3.8) is 0 Å². The third-order valence-electron chi connectivity index (χ3n) is 3.59. The predicted molar refractivity (Wildman–Crippen MR) is 64.3 cm³/mol. The number of carbonyl (C=O) groups is 1. The Morgan fingerprint density at radius 2 is 1.88 bits per heavy atom. The normalized spacial score (nSPS) is 23.4. The highest BCUT2D eigenvalue weighted by Gasteiger charge is 2.18. The van der Waals surface area contributed by atoms with Gasteiger partial charge in [0.1, 0.15) is 0 Å². The number of piperidine rings is 2. The summed E-state index contributed by atoms with van der Waals surface area (Å²) in [5, 5.41) is 6.72. The van der Waals surface area contributed by atoms with Gasteiger partial charge in [-0.15, -0.1) is 0 Å². The summed E-state index contributed by atoms with van der Waals surface area (Å²) >= 11 is 0. The van der Waals surface area contributed by atoms with Crippen molar-refractivity contribution in [2.75, 3.05) is 32.7 Å². The number of rotatable bonds is 3. The number of hydrogen-bond acceptors (Lipinski definition) is 3. The van der Waals surface area contributed by atoms with Crippen LogP contribution in [0, 0.1) is 0 Å². The van der Waals surface area contributed by atoms with E-state index in [1.165, 1.54) is 19.3 Å². The smallest absolute Gasteiger partial charge is 0.236 e. The molecular formula is C12H23N3O. The highest BCUT2D eigenvalue weighted by molar-refractivity contribution is 5.78. The van der Waals surface area contributed by atoms with Crippen molar-refractivity contribution < 1.29 is 4.79 Å². The van der Waals surface area contributed by atoms with Gasteiger partial charge in [-0.2, -0.15) is 0 Å². The largest absolute Gasteiger partial charge is 0.342 e. The molecule has 0 aliphatic carbocycles. The summed E-state index contributed by atoms with van der Waals surface area (Å²) in [4.78, 5) is 13.9. The second-order valence-corrected chi connectivity index (χ2v) is 4.85. The third-order valence-corrected chi connectivity index (χ3v) is 3.59. The molecule has 2 N–H and O–H groups in total. The minimum atomic E-state index is 0.290. The first-order valence-electron chi connectivity index (χ1n) is 6.58. The molecule has 4 heteroatoms. The Hall–Kier alpha value is -0.610. The van der Waals surface area contributed by atoms with Crippen LogP contribution in [0.3, 0.4) is 0 Å². The number of carbonyl (C=O) groups excluding carboxylic acids is 1. The van der Waals surface area contributed by atoms with Crippen molar-refractivity contribution in [3.8, 4) is 0 Å². The van der Waals surface area contributed by atoms with Gasteiger partial charge in [0.2, 0.25) is 5.91 Å². The minimum absolute atomic E-state index is 0.290. The molecule has 92 valence electrons. The number of nitrogens with one attached hydrogen (secondary N) is 2. The topological polar surface area (TPSA) is 44.4 Å². The van der Waals surface area contributed by atoms with E-state index in [0.717, 1.165) is 39.0 Å². The van der Waals surface area contributed by atoms with Crippen LogP contribution < -0.4 is 10.6 Å². The monoisotopic (exact) mass is 225 g/mol. The van der Waals surface area contributed by atoms with Gasteiger partial charge in [-0.3, -0.25) is 4.79 Å². The molecule has 0 bridgehead atoms. The fourth-order valence-electron chi connectivity index (χ4n) is 2.51. The van der Waals surface area contributed by atoms with E-state index in [1.54, 1.807) is 0 Å². The Kier molecular flexibility index (Phi) is 4.60. The average Bonchev–Trinajstić information content (AvgIpc) is 2.38. The van der Waals surface area contributed by atoms with Crippen LogP contribution in [0.4, 0.5) is 0 Å². The summed E-state index contributed by atoms with van der Waals surface area (Å²) in [6.07, 6.45) is 5.93. The summed E-state index contributed by atoms with van der Waals surface area (Å²) < 4.78 is 0. The molecule has 0 unspecified atom stereocenters. The maximum absolute atomic E-state index is 11.9. The lowest BCUT2D eigenvalue weighted by Gasteiger charge is -2.29. The predicted octanol–water partition coefficient (Wildman–Crippen LogP) is 0.341. The second kappa shape index (κ2) is 6.21. The third kappa shape index (κ3) is 3.46. The summed E-state index contributed by atoms with van der Waals surface area (Å²) in [5.74, 6) is 0.290. The molecule has 1 amide bonds. The van der Waals surface area contributed by atoms with Gasteiger partial charge in [0.05, 0.1) is 6.54 Å². The van der Waals surface area contributed by atoms with Crippen molar-refractivity contribution in [3.05, 3.63) is 0 Å². The summed E-state index contributed by atoms with van der Waals surface area (Å²) in [6.45, 7) is 4.62. The number of likely N-dealkylation sites (tertiary alicyclic amines) is 1. The molecule has 0 aromatic heterocycles. The van der Waals surface area contributed by atoms with Gasteiger partial charge in [0.25, 0.3) is 0 Å². The summed E-state index contributed by atoms with van der Waals surface area (Å²) in [6, 6.07) is 0.537. The van der Waals surface area contributed by atoms with Gasteiger partial charge in [-0.25, -0.2) is 0 Å². The Labute approximate surface area is 97.8 Å². The van der Waals surface area contributed by atoms with Crippen molar-refractivity contribution in [1.82, 2.24) is 15.5 Å². The van der Waals surface area contributed by atoms with Gasteiger partial charge in [0.15, 0.2) is 0 Å². The molecular weight excluding hydrogens is 202 g/mol. The van der Waals surface area contributed by atoms with Gasteiger partial charge < -0.3 is 15.5 Å². The fraction of sp³-hybridized carbons (Fsp3) is 0.917. The number of nitrogens with zero attached hydrogens (tertiary/aromatic N) is 1. The number of hydrogen-bond donors (Lipinski definition) is 2. The number of amides is 1. The Morgan fingerprint density at radius 3 is 2.56 bits per heavy atom. The van der Waals surface area contributed by atoms with Crippen LogP contribution in [-0.4, -0.2) is 49.6 Å². The van der Waals surface area contributed by atoms with Gasteiger partial charge in [-0.05, 0) is 45.2 Å². The minimum Gasteiger partial charge on any atom is -0.342 e. The molecule has 0 aromatic carbocycles. The molecule has 0 radical (unpaired) electrons. The van der Waals surface area contributed by atoms with Gasteiger partial charge >= 0.3 is 0 Å². The highest BCUT2D eigenvalue weighted by Crippen LogP contribution is 2.08. The zero-order valence-corrected chi connectivity index (χ0v) is 10.0. The molecule has 2 rings (SSSR count). The molecule has 0 saturated carbocycles. The van der Waals surface area contributed by atoms with E-state index in [4.69, 9.17) is 0 Å². The van der Waals surface area contributed by atoms with Crippen LogP contribution in [-0.2, 0) is 4.79 Å². The van der Waals surface area contributed by atoms with Crippen LogP contribution in [0.2, 0.25) is 0 Å². The lowest BCUT2D eigenvalue weighted by molar-refractivity contribution is -0.131. The molecule has 2 fully saturated rings. The Bertz CT molecular complexity index is 220. The first-order chi connectivity index (χ1) is 7.86. The van der Waals surface area contributed by atoms with E-state index >= 15 is 0 Å². The SMILES string of the molecule is O=C(CNC1CCNCC1)N1CCCCC1. The first kappa shape index (κ1) is 11.9. The van der Waals surface area contributed by atoms with Crippen LogP contribution in [0.15, 0.2) is 0 Å². The molecule has 2 aliphatic rings. The quantitative estimate of drug-likeness (QED) is 0.728. The molecule has 2 heterocycles. The van der Waals surface area contributed by atoms with Crippen LogP contribution in [0.1, 0.15) is 32.1 Å². The molecule has 4 nitrogen and oxygen atoms in total. The lowest BCUT2D eigenvalue weighted by atomic mass is 10.1. The molecule has 2 aliphatic heterocycles. The van der Waals surface area contributed by atoms with Crippen molar-refractivity contribution in [2.45, 2.75) is 38.1 Å². The van der Waals surface area contributed by atoms with E-state index in [2.05, 4.69) is 10.6 Å². The zero-order chi connectivity index (χ0) is 11.2. The Morgan fingerprint density at radius 1 is 1.19 bits per heavy atom. The molecule has 0 atom stereocenters. The highest BCUT2D eigenvalue weighted by atomic mass is 16.2. The maximum Gasteiger partial charge on any atom is 0.236 e. The van der Waals surface area contributed by atoms with Crippen molar-refractivity contribution >= 4 is 5.91 Å². The molecule has 0 spiro atoms. The van der Waals surface area contributed by atoms with Crippen molar-refractivity contribution in [1.29, 1.82) is 0 Å². The Balaban J connectivity index is 1.65. The van der Waals surface area contributed by atoms with Crippen LogP contribution in [0.25, 0.3) is 0 Å². The summed E-state index contributed by atoms with van der Waals surface area (Å²) in [7, 11) is 0. The van der Waals surface area contributed by atoms with E-state index in [0.29, 0.717) is 18.5 Å². The van der Waals surface area contributed by atoms with E-state index in [1.807, 2.05) is 4.90 Å². The molecule has 2 saturated heterocycles. The molecule has 16 heavy (non-hydrogen) atoms. The first-order valence-corrected chi connectivity index (χ1v) is 6.58. The lowest BCUT2D eigenvalue weighted by Crippen LogP contribution is -2.46. The van der Waals surface area contributed by atoms with Gasteiger partial charge in [-0.1, -0.05) is 0 Å². The van der Waals surface area contributed by atoms with E-state index in [9.17, 15) is 4.79 Å². The van der Waals surface area contributed by atoms with E-state index < -0.39 is 0 Å². The average molecular weight is 225 g/mol. The zero-order valence-electron chi connectivity index (χ0n) is 10.0.